The average Bonchev–Trinajstić information content (AvgIpc) is 2.55. The van der Waals surface area contributed by atoms with E-state index in [0.29, 0.717) is 0 Å². The Morgan fingerprint density at radius 1 is 0.552 bits per heavy atom. The minimum atomic E-state index is -1.28. The van der Waals surface area contributed by atoms with Crippen molar-refractivity contribution in [2.75, 3.05) is 78.5 Å². The van der Waals surface area contributed by atoms with E-state index in [-0.39, 0.29) is 116 Å². The van der Waals surface area contributed by atoms with Crippen LogP contribution in [0.1, 0.15) is 0 Å². The van der Waals surface area contributed by atoms with Crippen LogP contribution in [0.5, 0.6) is 0 Å². The fourth-order valence-corrected chi connectivity index (χ4v) is 2.96. The van der Waals surface area contributed by atoms with Crippen LogP contribution in [0.15, 0.2) is 0 Å². The number of carbonyl (C=O) groups is 4. The number of hydrogen-bond donors (Lipinski definition) is 2. The van der Waals surface area contributed by atoms with Crippen molar-refractivity contribution in [1.82, 2.24) is 19.6 Å². The minimum Gasteiger partial charge on any atom is -0.549 e. The van der Waals surface area contributed by atoms with E-state index in [0.717, 1.165) is 0 Å². The van der Waals surface area contributed by atoms with Crippen molar-refractivity contribution in [3.63, 3.8) is 0 Å². The normalized spacial score (nSPS) is 18.8. The van der Waals surface area contributed by atoms with Crippen molar-refractivity contribution in [1.29, 1.82) is 0 Å². The molecule has 1 saturated heterocycles. The first-order valence-corrected chi connectivity index (χ1v) is 8.88. The maximum absolute atomic E-state index is 11.1. The van der Waals surface area contributed by atoms with Gasteiger partial charge in [-0.15, -0.1) is 0 Å². The molecule has 1 fully saturated rings. The number of carboxylic acids is 4. The van der Waals surface area contributed by atoms with Gasteiger partial charge in [-0.3, -0.25) is 29.2 Å². The van der Waals surface area contributed by atoms with Gasteiger partial charge in [-0.2, -0.15) is 0 Å². The summed E-state index contributed by atoms with van der Waals surface area (Å²) in [5.41, 5.74) is 0. The molecule has 29 heavy (non-hydrogen) atoms. The second kappa shape index (κ2) is 14.9. The van der Waals surface area contributed by atoms with Crippen LogP contribution in [0, 0.1) is 0 Å². The van der Waals surface area contributed by atoms with Crippen LogP contribution < -0.4 is 10.2 Å². The Morgan fingerprint density at radius 3 is 0.931 bits per heavy atom. The van der Waals surface area contributed by atoms with Crippen LogP contribution in [-0.4, -0.2) is 170 Å². The predicted octanol–water partition coefficient (Wildman–Crippen LogP) is -5.50. The summed E-state index contributed by atoms with van der Waals surface area (Å²) in [7, 11) is 0. The van der Waals surface area contributed by atoms with E-state index in [1.54, 1.807) is 19.6 Å². The smallest absolute Gasteiger partial charge is 0.549 e. The van der Waals surface area contributed by atoms with E-state index in [2.05, 4.69) is 0 Å². The first-order chi connectivity index (χ1) is 13.2. The van der Waals surface area contributed by atoms with Crippen LogP contribution in [0.3, 0.4) is 0 Å². The van der Waals surface area contributed by atoms with Crippen molar-refractivity contribution >= 4 is 61.6 Å². The predicted molar refractivity (Wildman–Crippen MR) is 96.8 cm³/mol. The van der Waals surface area contributed by atoms with Crippen LogP contribution in [0.25, 0.3) is 0 Å². The van der Waals surface area contributed by atoms with Gasteiger partial charge < -0.3 is 30.0 Å². The van der Waals surface area contributed by atoms with Crippen molar-refractivity contribution in [3.8, 4) is 0 Å². The molecule has 1 aliphatic rings. The Bertz CT molecular complexity index is 453. The molecule has 0 unspecified atom stereocenters. The molecule has 0 amide bonds. The topological polar surface area (TPSA) is 168 Å². The zero-order valence-corrected chi connectivity index (χ0v) is 18.5. The molecule has 0 aromatic rings. The molecule has 0 radical (unpaired) electrons. The standard InChI is InChI=1S/C16H28N4O8.Ca/c21-13(22)9-17-1-2-18(10-14(23)24)5-6-20(12-16(27)28)8-7-19(4-3-17)11-15(25)26;/h1-12H2,(H,21,22)(H,23,24)(H,25,26)(H,27,28);/q;+2/p-2. The van der Waals surface area contributed by atoms with E-state index >= 15 is 0 Å². The second-order valence-electron chi connectivity index (χ2n) is 6.64. The Hall–Kier alpha value is -1.02. The van der Waals surface area contributed by atoms with E-state index in [4.69, 9.17) is 10.2 Å². The minimum absolute atomic E-state index is 0. The SMILES string of the molecule is O=C([O-])CN1CCN(CC(=O)[O-])CCN(CC(=O)O)CCN(CC(=O)O)CC1.[Ca+2]. The molecule has 2 N–H and O–H groups in total. The molecule has 0 aromatic carbocycles. The summed E-state index contributed by atoms with van der Waals surface area (Å²) in [6, 6.07) is 0. The summed E-state index contributed by atoms with van der Waals surface area (Å²) in [6.45, 7) is 0.839. The molecule has 0 bridgehead atoms. The van der Waals surface area contributed by atoms with Crippen molar-refractivity contribution in [2.24, 2.45) is 0 Å². The summed E-state index contributed by atoms with van der Waals surface area (Å²) < 4.78 is 0. The zero-order chi connectivity index (χ0) is 21.1. The van der Waals surface area contributed by atoms with Gasteiger partial charge in [0.05, 0.1) is 25.0 Å². The van der Waals surface area contributed by atoms with Crippen LogP contribution >= 0.6 is 0 Å². The van der Waals surface area contributed by atoms with Gasteiger partial charge in [0.15, 0.2) is 0 Å². The molecule has 1 heterocycles. The summed E-state index contributed by atoms with van der Waals surface area (Å²) in [6.07, 6.45) is 0. The molecule has 0 saturated carbocycles. The molecule has 0 aromatic heterocycles. The number of hydrogen-bond acceptors (Lipinski definition) is 10. The molecule has 0 spiro atoms. The van der Waals surface area contributed by atoms with Crippen molar-refractivity contribution in [2.45, 2.75) is 0 Å². The van der Waals surface area contributed by atoms with Gasteiger partial charge in [0.25, 0.3) is 0 Å². The molecule has 1 aliphatic heterocycles. The maximum Gasteiger partial charge on any atom is 2.00 e. The van der Waals surface area contributed by atoms with Gasteiger partial charge in [-0.05, 0) is 0 Å². The van der Waals surface area contributed by atoms with Gasteiger partial charge in [-0.1, -0.05) is 0 Å². The largest absolute Gasteiger partial charge is 2.00 e. The second-order valence-corrected chi connectivity index (χ2v) is 6.64. The van der Waals surface area contributed by atoms with Gasteiger partial charge in [0.1, 0.15) is 0 Å². The number of carbonyl (C=O) groups excluding carboxylic acids is 2. The number of carboxylic acid groups (broad SMARTS) is 4. The molecule has 0 aliphatic carbocycles. The quantitative estimate of drug-likeness (QED) is 0.343. The first kappa shape index (κ1) is 28.0. The molecular weight excluding hydrogens is 416 g/mol. The number of nitrogens with zero attached hydrogens (tertiary/aromatic N) is 4. The number of aliphatic carboxylic acids is 4. The maximum atomic E-state index is 11.1. The molecule has 12 nitrogen and oxygen atoms in total. The van der Waals surface area contributed by atoms with E-state index in [9.17, 15) is 29.4 Å². The van der Waals surface area contributed by atoms with Crippen LogP contribution in [0.2, 0.25) is 0 Å². The molecule has 1 rings (SSSR count). The van der Waals surface area contributed by atoms with Crippen molar-refractivity contribution < 1.29 is 39.6 Å². The molecular formula is C16H26CaN4O8. The van der Waals surface area contributed by atoms with Gasteiger partial charge in [-0.25, -0.2) is 0 Å². The molecule has 13 heteroatoms. The van der Waals surface area contributed by atoms with E-state index in [1.165, 1.54) is 0 Å². The Labute approximate surface area is 198 Å². The summed E-state index contributed by atoms with van der Waals surface area (Å²) in [4.78, 5) is 50.4. The molecule has 0 atom stereocenters. The van der Waals surface area contributed by atoms with Gasteiger partial charge in [0, 0.05) is 65.4 Å². The van der Waals surface area contributed by atoms with Crippen molar-refractivity contribution in [3.05, 3.63) is 0 Å². The van der Waals surface area contributed by atoms with Gasteiger partial charge >= 0.3 is 49.7 Å². The Kier molecular flexibility index (Phi) is 14.4. The summed E-state index contributed by atoms with van der Waals surface area (Å²) in [5.74, 6) is -4.64. The number of rotatable bonds is 8. The Morgan fingerprint density at radius 2 is 0.759 bits per heavy atom. The first-order valence-electron chi connectivity index (χ1n) is 8.88. The Balaban J connectivity index is 0.00000784. The van der Waals surface area contributed by atoms with Gasteiger partial charge in [0.2, 0.25) is 0 Å². The van der Waals surface area contributed by atoms with Crippen LogP contribution in [-0.2, 0) is 19.2 Å². The molecule has 160 valence electrons. The zero-order valence-electron chi connectivity index (χ0n) is 16.3. The summed E-state index contributed by atoms with van der Waals surface area (Å²) >= 11 is 0. The van der Waals surface area contributed by atoms with Crippen LogP contribution in [0.4, 0.5) is 0 Å². The third-order valence-electron chi connectivity index (χ3n) is 4.35. The monoisotopic (exact) mass is 442 g/mol. The fourth-order valence-electron chi connectivity index (χ4n) is 2.96. The third kappa shape index (κ3) is 13.8. The fraction of sp³-hybridized carbons (Fsp3) is 0.750. The average molecular weight is 442 g/mol. The summed E-state index contributed by atoms with van der Waals surface area (Å²) in [5, 5.41) is 40.1. The third-order valence-corrected chi connectivity index (χ3v) is 4.35. The van der Waals surface area contributed by atoms with E-state index in [1.807, 2.05) is 0 Å². The van der Waals surface area contributed by atoms with E-state index < -0.39 is 23.9 Å².